The number of para-hydroxylation sites is 1. The number of aromatic nitrogens is 2. The third-order valence-electron chi connectivity index (χ3n) is 4.77. The van der Waals surface area contributed by atoms with E-state index in [0.29, 0.717) is 11.4 Å². The smallest absolute Gasteiger partial charge is 0.288 e. The van der Waals surface area contributed by atoms with Crippen LogP contribution < -0.4 is 15.8 Å². The summed E-state index contributed by atoms with van der Waals surface area (Å²) in [6, 6.07) is 6.72. The van der Waals surface area contributed by atoms with E-state index in [4.69, 9.17) is 11.6 Å². The largest absolute Gasteiger partial charge is 0.369 e. The molecule has 1 amide bonds. The van der Waals surface area contributed by atoms with Crippen LogP contribution in [0, 0.1) is 6.92 Å². The molecule has 1 atom stereocenters. The van der Waals surface area contributed by atoms with Crippen LogP contribution in [0.25, 0.3) is 0 Å². The zero-order valence-electron chi connectivity index (χ0n) is 15.0. The monoisotopic (exact) mass is 374 g/mol. The lowest BCUT2D eigenvalue weighted by molar-refractivity contribution is -0.119. The Labute approximate surface area is 157 Å². The molecule has 2 aromatic rings. The van der Waals surface area contributed by atoms with Gasteiger partial charge in [0.05, 0.1) is 11.9 Å². The van der Waals surface area contributed by atoms with E-state index in [9.17, 15) is 9.59 Å². The van der Waals surface area contributed by atoms with Crippen LogP contribution >= 0.6 is 11.6 Å². The van der Waals surface area contributed by atoms with Crippen LogP contribution in [-0.2, 0) is 4.79 Å². The zero-order valence-corrected chi connectivity index (χ0v) is 15.8. The van der Waals surface area contributed by atoms with Gasteiger partial charge < -0.3 is 10.2 Å². The summed E-state index contributed by atoms with van der Waals surface area (Å²) in [6.45, 7) is 5.29. The molecule has 1 saturated heterocycles. The predicted octanol–water partition coefficient (Wildman–Crippen LogP) is 3.40. The highest BCUT2D eigenvalue weighted by atomic mass is 35.5. The maximum absolute atomic E-state index is 12.7. The predicted molar refractivity (Wildman–Crippen MR) is 104 cm³/mol. The van der Waals surface area contributed by atoms with Crippen molar-refractivity contribution in [3.05, 3.63) is 51.4 Å². The first-order valence-corrected chi connectivity index (χ1v) is 9.25. The summed E-state index contributed by atoms with van der Waals surface area (Å²) in [5.74, 6) is -0.310. The Hall–Kier alpha value is -2.34. The van der Waals surface area contributed by atoms with Crippen molar-refractivity contribution >= 4 is 28.9 Å². The van der Waals surface area contributed by atoms with Crippen molar-refractivity contribution < 1.29 is 4.79 Å². The maximum atomic E-state index is 12.7. The standard InChI is InChI=1S/C19H23ClN4O2/c1-13-8-4-5-9-15(13)22-18(25)14(2)24-19(26)17(20)16(12-21-24)23-10-6-3-7-11-23/h4-5,8-9,12,14H,3,6-7,10-11H2,1-2H3,(H,22,25). The van der Waals surface area contributed by atoms with E-state index < -0.39 is 11.6 Å². The number of aryl methyl sites for hydroxylation is 1. The van der Waals surface area contributed by atoms with Gasteiger partial charge in [0, 0.05) is 18.8 Å². The molecule has 0 radical (unpaired) electrons. The zero-order chi connectivity index (χ0) is 18.7. The normalized spacial score (nSPS) is 15.6. The highest BCUT2D eigenvalue weighted by molar-refractivity contribution is 6.33. The van der Waals surface area contributed by atoms with Gasteiger partial charge in [-0.3, -0.25) is 9.59 Å². The van der Waals surface area contributed by atoms with Crippen molar-refractivity contribution in [1.82, 2.24) is 9.78 Å². The number of hydrogen-bond donors (Lipinski definition) is 1. The molecule has 6 nitrogen and oxygen atoms in total. The van der Waals surface area contributed by atoms with Crippen LogP contribution in [0.1, 0.15) is 37.8 Å². The number of benzene rings is 1. The van der Waals surface area contributed by atoms with Gasteiger partial charge in [-0.15, -0.1) is 0 Å². The van der Waals surface area contributed by atoms with Gasteiger partial charge in [0.2, 0.25) is 5.91 Å². The molecule has 1 aromatic carbocycles. The number of halogens is 1. The lowest BCUT2D eigenvalue weighted by atomic mass is 10.1. The minimum Gasteiger partial charge on any atom is -0.369 e. The Morgan fingerprint density at radius 1 is 1.23 bits per heavy atom. The topological polar surface area (TPSA) is 67.2 Å². The number of nitrogens with one attached hydrogen (secondary N) is 1. The molecule has 0 aliphatic carbocycles. The van der Waals surface area contributed by atoms with E-state index in [0.717, 1.165) is 36.2 Å². The van der Waals surface area contributed by atoms with E-state index in [2.05, 4.69) is 15.3 Å². The fourth-order valence-corrected chi connectivity index (χ4v) is 3.38. The molecule has 1 aromatic heterocycles. The molecule has 1 aliphatic rings. The minimum absolute atomic E-state index is 0.123. The average Bonchev–Trinajstić information content (AvgIpc) is 2.66. The molecular formula is C19H23ClN4O2. The quantitative estimate of drug-likeness (QED) is 0.890. The molecule has 3 rings (SSSR count). The van der Waals surface area contributed by atoms with Crippen LogP contribution in [0.3, 0.4) is 0 Å². The van der Waals surface area contributed by atoms with E-state index in [1.807, 2.05) is 31.2 Å². The second-order valence-corrected chi connectivity index (χ2v) is 7.00. The van der Waals surface area contributed by atoms with Gasteiger partial charge in [0.15, 0.2) is 0 Å². The number of carbonyl (C=O) groups excluding carboxylic acids is 1. The summed E-state index contributed by atoms with van der Waals surface area (Å²) >= 11 is 6.32. The Kier molecular flexibility index (Phi) is 5.61. The summed E-state index contributed by atoms with van der Waals surface area (Å²) in [6.07, 6.45) is 4.94. The SMILES string of the molecule is Cc1ccccc1NC(=O)C(C)n1ncc(N2CCCCC2)c(Cl)c1=O. The van der Waals surface area contributed by atoms with Gasteiger partial charge in [0.1, 0.15) is 11.1 Å². The van der Waals surface area contributed by atoms with Crippen LogP contribution in [0.4, 0.5) is 11.4 Å². The summed E-state index contributed by atoms with van der Waals surface area (Å²) in [7, 11) is 0. The molecule has 1 N–H and O–H groups in total. The van der Waals surface area contributed by atoms with Crippen molar-refractivity contribution in [1.29, 1.82) is 0 Å². The third-order valence-corrected chi connectivity index (χ3v) is 5.13. The molecule has 0 spiro atoms. The van der Waals surface area contributed by atoms with Gasteiger partial charge >= 0.3 is 0 Å². The molecular weight excluding hydrogens is 352 g/mol. The number of piperidine rings is 1. The summed E-state index contributed by atoms with van der Waals surface area (Å²) in [5.41, 5.74) is 1.88. The van der Waals surface area contributed by atoms with E-state index in [1.54, 1.807) is 13.1 Å². The molecule has 1 fully saturated rings. The van der Waals surface area contributed by atoms with Crippen molar-refractivity contribution in [3.63, 3.8) is 0 Å². The minimum atomic E-state index is -0.769. The van der Waals surface area contributed by atoms with Crippen LogP contribution in [0.15, 0.2) is 35.3 Å². The van der Waals surface area contributed by atoms with E-state index in [-0.39, 0.29) is 10.9 Å². The Morgan fingerprint density at radius 3 is 2.62 bits per heavy atom. The highest BCUT2D eigenvalue weighted by Gasteiger charge is 2.23. The number of rotatable bonds is 4. The van der Waals surface area contributed by atoms with Gasteiger partial charge in [-0.1, -0.05) is 29.8 Å². The van der Waals surface area contributed by atoms with Crippen molar-refractivity contribution in [3.8, 4) is 0 Å². The molecule has 7 heteroatoms. The maximum Gasteiger partial charge on any atom is 0.288 e. The van der Waals surface area contributed by atoms with E-state index >= 15 is 0 Å². The molecule has 26 heavy (non-hydrogen) atoms. The second kappa shape index (κ2) is 7.91. The van der Waals surface area contributed by atoms with Gasteiger partial charge in [-0.2, -0.15) is 5.10 Å². The molecule has 1 unspecified atom stereocenters. The summed E-state index contributed by atoms with van der Waals surface area (Å²) < 4.78 is 1.14. The van der Waals surface area contributed by atoms with Gasteiger partial charge in [-0.25, -0.2) is 4.68 Å². The number of carbonyl (C=O) groups is 1. The molecule has 138 valence electrons. The van der Waals surface area contributed by atoms with Crippen molar-refractivity contribution in [2.45, 2.75) is 39.2 Å². The van der Waals surface area contributed by atoms with Gasteiger partial charge in [-0.05, 0) is 44.7 Å². The fourth-order valence-electron chi connectivity index (χ4n) is 3.13. The van der Waals surface area contributed by atoms with Crippen molar-refractivity contribution in [2.75, 3.05) is 23.3 Å². The Morgan fingerprint density at radius 2 is 1.92 bits per heavy atom. The molecule has 2 heterocycles. The molecule has 1 aliphatic heterocycles. The molecule has 0 bridgehead atoms. The fraction of sp³-hybridized carbons (Fsp3) is 0.421. The first kappa shape index (κ1) is 18.5. The summed E-state index contributed by atoms with van der Waals surface area (Å²) in [4.78, 5) is 27.3. The third kappa shape index (κ3) is 3.75. The van der Waals surface area contributed by atoms with Crippen LogP contribution in [0.2, 0.25) is 5.02 Å². The first-order valence-electron chi connectivity index (χ1n) is 8.88. The Bertz CT molecular complexity index is 859. The lowest BCUT2D eigenvalue weighted by Crippen LogP contribution is -2.36. The second-order valence-electron chi connectivity index (χ2n) is 6.62. The Balaban J connectivity index is 1.82. The van der Waals surface area contributed by atoms with Crippen molar-refractivity contribution in [2.24, 2.45) is 0 Å². The van der Waals surface area contributed by atoms with Crippen LogP contribution in [-0.4, -0.2) is 28.8 Å². The van der Waals surface area contributed by atoms with E-state index in [1.165, 1.54) is 6.42 Å². The lowest BCUT2D eigenvalue weighted by Gasteiger charge is -2.29. The number of anilines is 2. The average molecular weight is 375 g/mol. The first-order chi connectivity index (χ1) is 12.5. The van der Waals surface area contributed by atoms with Crippen LogP contribution in [0.5, 0.6) is 0 Å². The number of amides is 1. The summed E-state index contributed by atoms with van der Waals surface area (Å²) in [5, 5.41) is 7.18. The van der Waals surface area contributed by atoms with Gasteiger partial charge in [0.25, 0.3) is 5.56 Å². The molecule has 0 saturated carbocycles. The highest BCUT2D eigenvalue weighted by Crippen LogP contribution is 2.25. The number of hydrogen-bond acceptors (Lipinski definition) is 4. The number of nitrogens with zero attached hydrogens (tertiary/aromatic N) is 3.